The predicted molar refractivity (Wildman–Crippen MR) is 101 cm³/mol. The Balaban J connectivity index is 1.98. The van der Waals surface area contributed by atoms with E-state index < -0.39 is 56.8 Å². The lowest BCUT2D eigenvalue weighted by Gasteiger charge is -2.33. The lowest BCUT2D eigenvalue weighted by molar-refractivity contribution is -0.263. The van der Waals surface area contributed by atoms with Crippen molar-refractivity contribution in [2.75, 3.05) is 11.9 Å². The van der Waals surface area contributed by atoms with Crippen LogP contribution in [0.15, 0.2) is 29.3 Å². The van der Waals surface area contributed by atoms with Crippen LogP contribution >= 0.6 is 0 Å². The van der Waals surface area contributed by atoms with E-state index >= 15 is 0 Å². The van der Waals surface area contributed by atoms with Crippen LogP contribution in [0, 0.1) is 17.1 Å². The van der Waals surface area contributed by atoms with Crippen molar-refractivity contribution in [1.29, 1.82) is 5.26 Å². The maximum Gasteiger partial charge on any atom is 0.418 e. The number of amides is 1. The van der Waals surface area contributed by atoms with E-state index in [1.165, 1.54) is 7.05 Å². The number of ether oxygens (including phenoxy) is 1. The summed E-state index contributed by atoms with van der Waals surface area (Å²) in [7, 11) is -3.32. The summed E-state index contributed by atoms with van der Waals surface area (Å²) in [5, 5.41) is 21.1. The van der Waals surface area contributed by atoms with Gasteiger partial charge in [-0.15, -0.1) is 0 Å². The van der Waals surface area contributed by atoms with Gasteiger partial charge in [0.25, 0.3) is 5.91 Å². The molecule has 1 aliphatic heterocycles. The van der Waals surface area contributed by atoms with Gasteiger partial charge in [0.15, 0.2) is 17.0 Å². The quantitative estimate of drug-likeness (QED) is 0.577. The van der Waals surface area contributed by atoms with E-state index in [9.17, 15) is 35.9 Å². The van der Waals surface area contributed by atoms with E-state index in [1.54, 1.807) is 10.8 Å². The standard InChI is InChI=1S/C18H16F4N4O5S/c1-17(28,18(20,21)22)13-8-31-15-12(32(29,30)25-13)7-26(2)14(15)16(27)24-10-3-4-11(19)9(5-10)6-23/h3-5,7,13,25,28H,8H2,1-2H3,(H,24,27)/t13-,17?/m1/s1. The van der Waals surface area contributed by atoms with Crippen LogP contribution < -0.4 is 14.8 Å². The molecule has 2 heterocycles. The molecule has 9 nitrogen and oxygen atoms in total. The van der Waals surface area contributed by atoms with Gasteiger partial charge < -0.3 is 19.7 Å². The molecule has 3 rings (SSSR count). The van der Waals surface area contributed by atoms with Gasteiger partial charge in [-0.1, -0.05) is 0 Å². The number of rotatable bonds is 3. The van der Waals surface area contributed by atoms with E-state index in [0.29, 0.717) is 6.92 Å². The van der Waals surface area contributed by atoms with Crippen molar-refractivity contribution in [2.24, 2.45) is 7.05 Å². The van der Waals surface area contributed by atoms with E-state index in [4.69, 9.17) is 10.00 Å². The second-order valence-electron chi connectivity index (χ2n) is 7.17. The zero-order valence-corrected chi connectivity index (χ0v) is 17.3. The summed E-state index contributed by atoms with van der Waals surface area (Å²) < 4.78 is 86.5. The molecule has 0 aliphatic carbocycles. The number of benzene rings is 1. The number of fused-ring (bicyclic) bond motifs is 1. The van der Waals surface area contributed by atoms with Gasteiger partial charge in [0.2, 0.25) is 10.0 Å². The molecule has 0 radical (unpaired) electrons. The van der Waals surface area contributed by atoms with Crippen molar-refractivity contribution < 1.29 is 40.6 Å². The van der Waals surface area contributed by atoms with E-state index in [0.717, 1.165) is 29.0 Å². The molecule has 0 saturated heterocycles. The first-order valence-electron chi connectivity index (χ1n) is 8.83. The van der Waals surface area contributed by atoms with Crippen LogP contribution in [0.4, 0.5) is 23.2 Å². The molecule has 2 atom stereocenters. The Morgan fingerprint density at radius 1 is 1.41 bits per heavy atom. The maximum absolute atomic E-state index is 13.5. The molecule has 1 aromatic carbocycles. The van der Waals surface area contributed by atoms with Crippen LogP contribution in [0.25, 0.3) is 0 Å². The zero-order valence-electron chi connectivity index (χ0n) is 16.5. The molecule has 32 heavy (non-hydrogen) atoms. The van der Waals surface area contributed by atoms with Crippen molar-refractivity contribution in [3.05, 3.63) is 41.5 Å². The summed E-state index contributed by atoms with van der Waals surface area (Å²) in [5.41, 5.74) is -4.17. The number of nitrogens with zero attached hydrogens (tertiary/aromatic N) is 2. The summed E-state index contributed by atoms with van der Waals surface area (Å²) >= 11 is 0. The maximum atomic E-state index is 13.5. The molecule has 2 aromatic rings. The Hall–Kier alpha value is -3.15. The topological polar surface area (TPSA) is 133 Å². The van der Waals surface area contributed by atoms with E-state index in [2.05, 4.69) is 5.32 Å². The molecule has 0 saturated carbocycles. The number of halogens is 4. The predicted octanol–water partition coefficient (Wildman–Crippen LogP) is 1.64. The monoisotopic (exact) mass is 476 g/mol. The fraction of sp³-hybridized carbons (Fsp3) is 0.333. The fourth-order valence-corrected chi connectivity index (χ4v) is 4.47. The minimum atomic E-state index is -5.18. The van der Waals surface area contributed by atoms with Crippen molar-refractivity contribution in [1.82, 2.24) is 9.29 Å². The molecule has 14 heteroatoms. The van der Waals surface area contributed by atoms with Crippen molar-refractivity contribution in [3.8, 4) is 11.8 Å². The first-order valence-corrected chi connectivity index (χ1v) is 10.3. The lowest BCUT2D eigenvalue weighted by Crippen LogP contribution is -2.60. The molecule has 1 unspecified atom stereocenters. The third kappa shape index (κ3) is 4.01. The number of hydrogen-bond donors (Lipinski definition) is 3. The lowest BCUT2D eigenvalue weighted by atomic mass is 9.97. The molecule has 0 bridgehead atoms. The number of anilines is 1. The van der Waals surface area contributed by atoms with Crippen LogP contribution in [0.1, 0.15) is 23.0 Å². The highest BCUT2D eigenvalue weighted by Gasteiger charge is 2.57. The number of carbonyl (C=O) groups excluding carboxylic acids is 1. The fourth-order valence-electron chi connectivity index (χ4n) is 2.98. The van der Waals surface area contributed by atoms with Crippen molar-refractivity contribution >= 4 is 21.6 Å². The highest BCUT2D eigenvalue weighted by Crippen LogP contribution is 2.38. The van der Waals surface area contributed by atoms with Crippen LogP contribution in [0.3, 0.4) is 0 Å². The van der Waals surface area contributed by atoms with Crippen LogP contribution in [-0.4, -0.2) is 48.4 Å². The Morgan fingerprint density at radius 3 is 2.66 bits per heavy atom. The van der Waals surface area contributed by atoms with Gasteiger partial charge in [-0.05, 0) is 25.1 Å². The summed E-state index contributed by atoms with van der Waals surface area (Å²) in [4.78, 5) is 12.2. The van der Waals surface area contributed by atoms with Crippen LogP contribution in [-0.2, 0) is 17.1 Å². The molecule has 1 amide bonds. The SMILES string of the molecule is Cn1cc2c(c1C(=O)Nc1ccc(F)c(C#N)c1)OC[C@H](C(C)(O)C(F)(F)F)NS2(=O)=O. The molecule has 1 aliphatic rings. The average molecular weight is 476 g/mol. The number of aryl methyl sites for hydroxylation is 1. The van der Waals surface area contributed by atoms with Gasteiger partial charge in [0.1, 0.15) is 23.4 Å². The van der Waals surface area contributed by atoms with Crippen molar-refractivity contribution in [2.45, 2.75) is 29.6 Å². The van der Waals surface area contributed by atoms with Crippen LogP contribution in [0.5, 0.6) is 5.75 Å². The normalized spacial score (nSPS) is 19.6. The van der Waals surface area contributed by atoms with Gasteiger partial charge in [0, 0.05) is 18.9 Å². The number of aliphatic hydroxyl groups is 1. The Morgan fingerprint density at radius 2 is 2.06 bits per heavy atom. The number of carbonyl (C=O) groups is 1. The molecule has 1 aromatic heterocycles. The Kier molecular flexibility index (Phi) is 5.71. The largest absolute Gasteiger partial charge is 0.488 e. The number of nitriles is 1. The Labute approximate surface area is 179 Å². The van der Waals surface area contributed by atoms with Crippen LogP contribution in [0.2, 0.25) is 0 Å². The summed E-state index contributed by atoms with van der Waals surface area (Å²) in [6.45, 7) is -0.535. The number of hydrogen-bond acceptors (Lipinski definition) is 6. The highest BCUT2D eigenvalue weighted by molar-refractivity contribution is 7.89. The summed E-state index contributed by atoms with van der Waals surface area (Å²) in [6.07, 6.45) is -4.22. The van der Waals surface area contributed by atoms with Gasteiger partial charge in [-0.25, -0.2) is 17.5 Å². The molecule has 172 valence electrons. The first-order chi connectivity index (χ1) is 14.7. The number of aromatic nitrogens is 1. The van der Waals surface area contributed by atoms with Gasteiger partial charge in [-0.3, -0.25) is 4.79 Å². The first kappa shape index (κ1) is 23.5. The second kappa shape index (κ2) is 7.76. The number of nitrogens with one attached hydrogen (secondary N) is 2. The van der Waals surface area contributed by atoms with Gasteiger partial charge in [-0.2, -0.15) is 18.4 Å². The van der Waals surface area contributed by atoms with Gasteiger partial charge >= 0.3 is 6.18 Å². The van der Waals surface area contributed by atoms with E-state index in [1.807, 2.05) is 0 Å². The highest BCUT2D eigenvalue weighted by atomic mass is 32.2. The zero-order chi connectivity index (χ0) is 24.1. The second-order valence-corrected chi connectivity index (χ2v) is 8.86. The molecular weight excluding hydrogens is 460 g/mol. The minimum absolute atomic E-state index is 0.00962. The molecule has 3 N–H and O–H groups in total. The average Bonchev–Trinajstić information content (AvgIpc) is 2.96. The minimum Gasteiger partial charge on any atom is -0.488 e. The van der Waals surface area contributed by atoms with Gasteiger partial charge in [0.05, 0.1) is 11.6 Å². The number of sulfonamides is 1. The van der Waals surface area contributed by atoms with E-state index in [-0.39, 0.29) is 16.9 Å². The third-order valence-corrected chi connectivity index (χ3v) is 6.36. The molecular formula is C18H16F4N4O5S. The van der Waals surface area contributed by atoms with Crippen molar-refractivity contribution in [3.63, 3.8) is 0 Å². The Bertz CT molecular complexity index is 1230. The number of alkyl halides is 3. The summed E-state index contributed by atoms with van der Waals surface area (Å²) in [5.74, 6) is -2.28. The molecule has 0 spiro atoms. The summed E-state index contributed by atoms with van der Waals surface area (Å²) in [6, 6.07) is 2.64. The molecule has 0 fully saturated rings. The smallest absolute Gasteiger partial charge is 0.418 e. The third-order valence-electron chi connectivity index (χ3n) is 4.90.